The number of carboxylic acid groups (broad SMARTS) is 1. The Balaban J connectivity index is 0.000000807. The lowest BCUT2D eigenvalue weighted by atomic mass is 9.85. The number of ether oxygens (including phenoxy) is 1. The maximum atomic E-state index is 13.3. The number of anilines is 1. The zero-order valence-electron chi connectivity index (χ0n) is 27.1. The van der Waals surface area contributed by atoms with Crippen molar-refractivity contribution in [3.63, 3.8) is 0 Å². The standard InChI is InChI=1S/C36H40N2O4.ClHO4/c1-4-7-8-13-32(39)25-14-15-26(36(40)41)27(20-25)35-28-18-23-11-9-16-37(5-2)30(23)21-33(28)42-34-22-31-24(19-29(34)35)12-10-17-38(31)6-3;2-1(3,4)5/h14-15,18-22H,4-13,16-17H2,1-3H3;(H,2,3,4,5). The van der Waals surface area contributed by atoms with E-state index < -0.39 is 16.2 Å². The average molecular weight is 665 g/mol. The van der Waals surface area contributed by atoms with Crippen LogP contribution in [0.2, 0.25) is 0 Å². The quantitative estimate of drug-likeness (QED) is 0.156. The number of hydrogen-bond acceptors (Lipinski definition) is 8. The molecule has 47 heavy (non-hydrogen) atoms. The van der Waals surface area contributed by atoms with Crippen molar-refractivity contribution in [1.82, 2.24) is 4.58 Å². The van der Waals surface area contributed by atoms with Gasteiger partial charge in [0.25, 0.3) is 0 Å². The minimum absolute atomic E-state index is 0.0582. The van der Waals surface area contributed by atoms with Crippen LogP contribution in [0.3, 0.4) is 0 Å². The van der Waals surface area contributed by atoms with Crippen molar-refractivity contribution in [2.45, 2.75) is 72.1 Å². The van der Waals surface area contributed by atoms with Gasteiger partial charge >= 0.3 is 5.97 Å². The smallest absolute Gasteiger partial charge is 0.336 e. The number of Topliss-reactive ketones (excluding diaryl/α,β-unsaturated/α-hetero) is 1. The molecule has 3 aromatic rings. The predicted molar refractivity (Wildman–Crippen MR) is 167 cm³/mol. The summed E-state index contributed by atoms with van der Waals surface area (Å²) in [5.74, 6) is 0.544. The van der Waals surface area contributed by atoms with Gasteiger partial charge in [0.15, 0.2) is 5.78 Å². The maximum absolute atomic E-state index is 13.3. The highest BCUT2D eigenvalue weighted by Gasteiger charge is 2.30. The summed E-state index contributed by atoms with van der Waals surface area (Å²) in [5, 5.41) is 12.5. The van der Waals surface area contributed by atoms with E-state index in [1.54, 1.807) is 12.1 Å². The van der Waals surface area contributed by atoms with E-state index in [1.165, 1.54) is 22.2 Å². The van der Waals surface area contributed by atoms with Crippen LogP contribution in [-0.2, 0) is 12.8 Å². The normalized spacial score (nSPS) is 15.0. The topological polar surface area (TPSA) is 162 Å². The Morgan fingerprint density at radius 1 is 0.915 bits per heavy atom. The molecule has 3 aliphatic heterocycles. The van der Waals surface area contributed by atoms with Crippen LogP contribution in [-0.4, -0.2) is 43.0 Å². The fraction of sp³-hybridized carbons (Fsp3) is 0.417. The highest BCUT2D eigenvalue weighted by Crippen LogP contribution is 2.42. The van der Waals surface area contributed by atoms with E-state index in [4.69, 9.17) is 23.4 Å². The van der Waals surface area contributed by atoms with Crippen molar-refractivity contribution >= 4 is 23.0 Å². The molecule has 0 fully saturated rings. The SMILES string of the molecule is CCCCCC(=O)c1ccc(C(=O)O)c(C2=c3cc4c(cc3Oc3cc5c(cc32)CCCN5CC)=[N+](CC)CCC4)c1.[O-][Cl+3]([O-])([O-])[O-]. The molecular formula is C36H41ClN2O8. The summed E-state index contributed by atoms with van der Waals surface area (Å²) in [7, 11) is -4.94. The summed E-state index contributed by atoms with van der Waals surface area (Å²) in [4.78, 5) is 28.3. The second kappa shape index (κ2) is 14.5. The number of rotatable bonds is 9. The molecule has 6 rings (SSSR count). The van der Waals surface area contributed by atoms with E-state index in [0.717, 1.165) is 99.0 Å². The van der Waals surface area contributed by atoms with Crippen LogP contribution in [0.5, 0.6) is 11.5 Å². The monoisotopic (exact) mass is 664 g/mol. The number of aryl methyl sites for hydroxylation is 2. The molecule has 0 saturated carbocycles. The lowest BCUT2D eigenvalue weighted by molar-refractivity contribution is -2.00. The largest absolute Gasteiger partial charge is 0.478 e. The molecule has 250 valence electrons. The van der Waals surface area contributed by atoms with Gasteiger partial charge in [-0.15, -0.1) is 10.2 Å². The van der Waals surface area contributed by atoms with Gasteiger partial charge in [-0.25, -0.2) is 28.0 Å². The van der Waals surface area contributed by atoms with Crippen molar-refractivity contribution in [2.24, 2.45) is 0 Å². The summed E-state index contributed by atoms with van der Waals surface area (Å²) >= 11 is 0. The van der Waals surface area contributed by atoms with Crippen molar-refractivity contribution < 1.29 is 48.3 Å². The molecule has 3 aliphatic rings. The van der Waals surface area contributed by atoms with Crippen LogP contribution >= 0.6 is 0 Å². The van der Waals surface area contributed by atoms with E-state index in [2.05, 4.69) is 54.5 Å². The Hall–Kier alpha value is -3.80. The summed E-state index contributed by atoms with van der Waals surface area (Å²) in [5.41, 5.74) is 6.81. The van der Waals surface area contributed by atoms with Crippen molar-refractivity contribution in [1.29, 1.82) is 0 Å². The van der Waals surface area contributed by atoms with Gasteiger partial charge in [0.1, 0.15) is 24.6 Å². The zero-order chi connectivity index (χ0) is 33.9. The van der Waals surface area contributed by atoms with Gasteiger partial charge < -0.3 is 14.7 Å². The van der Waals surface area contributed by atoms with E-state index in [-0.39, 0.29) is 11.3 Å². The van der Waals surface area contributed by atoms with Gasteiger partial charge in [0.05, 0.1) is 11.6 Å². The fourth-order valence-electron chi connectivity index (χ4n) is 6.94. The minimum atomic E-state index is -4.94. The molecule has 0 amide bonds. The molecule has 0 aliphatic carbocycles. The molecule has 1 N–H and O–H groups in total. The molecule has 0 bridgehead atoms. The molecule has 0 unspecified atom stereocenters. The van der Waals surface area contributed by atoms with Crippen LogP contribution in [0.4, 0.5) is 5.69 Å². The lowest BCUT2D eigenvalue weighted by Crippen LogP contribution is -2.68. The third-order valence-corrected chi connectivity index (χ3v) is 9.16. The lowest BCUT2D eigenvalue weighted by Gasteiger charge is -2.32. The van der Waals surface area contributed by atoms with Crippen LogP contribution < -0.4 is 43.4 Å². The summed E-state index contributed by atoms with van der Waals surface area (Å²) < 4.78 is 43.1. The van der Waals surface area contributed by atoms with Crippen LogP contribution in [0.15, 0.2) is 42.5 Å². The third kappa shape index (κ3) is 7.69. The van der Waals surface area contributed by atoms with Crippen molar-refractivity contribution in [3.05, 3.63) is 86.4 Å². The van der Waals surface area contributed by atoms with Crippen LogP contribution in [0, 0.1) is 10.2 Å². The Morgan fingerprint density at radius 3 is 2.34 bits per heavy atom. The van der Waals surface area contributed by atoms with Gasteiger partial charge in [0, 0.05) is 65.2 Å². The molecule has 11 heteroatoms. The summed E-state index contributed by atoms with van der Waals surface area (Å²) in [6.45, 7) is 10.3. The molecule has 0 spiro atoms. The Bertz CT molecular complexity index is 1810. The number of ketones is 1. The highest BCUT2D eigenvalue weighted by atomic mass is 35.7. The molecule has 0 saturated heterocycles. The van der Waals surface area contributed by atoms with Crippen molar-refractivity contribution in [2.75, 3.05) is 31.1 Å². The number of benzene rings is 3. The predicted octanol–water partition coefficient (Wildman–Crippen LogP) is 0.975. The molecular weight excluding hydrogens is 624 g/mol. The fourth-order valence-corrected chi connectivity index (χ4v) is 6.94. The van der Waals surface area contributed by atoms with Gasteiger partial charge in [-0.1, -0.05) is 25.8 Å². The zero-order valence-corrected chi connectivity index (χ0v) is 27.9. The van der Waals surface area contributed by atoms with Gasteiger partial charge in [-0.3, -0.25) is 4.79 Å². The van der Waals surface area contributed by atoms with Gasteiger partial charge in [-0.05, 0) is 74.9 Å². The number of carboxylic acids is 1. The molecule has 10 nitrogen and oxygen atoms in total. The molecule has 0 aromatic heterocycles. The number of carbonyl (C=O) groups is 2. The number of halogens is 1. The van der Waals surface area contributed by atoms with Crippen molar-refractivity contribution in [3.8, 4) is 11.5 Å². The second-order valence-electron chi connectivity index (χ2n) is 12.1. The van der Waals surface area contributed by atoms with E-state index in [1.807, 2.05) is 6.07 Å². The summed E-state index contributed by atoms with van der Waals surface area (Å²) in [6.07, 6.45) is 7.44. The number of carbonyl (C=O) groups excluding carboxylic acids is 1. The Labute approximate surface area is 276 Å². The van der Waals surface area contributed by atoms with Crippen LogP contribution in [0.1, 0.15) is 102 Å². The van der Waals surface area contributed by atoms with Gasteiger partial charge in [0.2, 0.25) is 5.36 Å². The summed E-state index contributed by atoms with van der Waals surface area (Å²) in [6, 6.07) is 13.8. The Morgan fingerprint density at radius 2 is 1.66 bits per heavy atom. The highest BCUT2D eigenvalue weighted by molar-refractivity contribution is 6.03. The number of nitrogens with zero attached hydrogens (tertiary/aromatic N) is 2. The van der Waals surface area contributed by atoms with E-state index >= 15 is 0 Å². The first-order valence-corrected chi connectivity index (χ1v) is 17.6. The first-order valence-electron chi connectivity index (χ1n) is 16.3. The Kier molecular flexibility index (Phi) is 10.7. The second-order valence-corrected chi connectivity index (χ2v) is 12.9. The molecule has 3 aromatic carbocycles. The first-order chi connectivity index (χ1) is 22.4. The van der Waals surface area contributed by atoms with E-state index in [0.29, 0.717) is 17.5 Å². The number of aromatic carboxylic acids is 1. The number of hydrogen-bond donors (Lipinski definition) is 1. The van der Waals surface area contributed by atoms with Crippen LogP contribution in [0.25, 0.3) is 5.57 Å². The minimum Gasteiger partial charge on any atom is -0.478 e. The molecule has 0 radical (unpaired) electrons. The number of fused-ring (bicyclic) bond motifs is 4. The first kappa shape index (κ1) is 34.5. The third-order valence-electron chi connectivity index (χ3n) is 9.16. The number of unbranched alkanes of at least 4 members (excludes halogenated alkanes) is 2. The molecule has 3 heterocycles. The van der Waals surface area contributed by atoms with Gasteiger partial charge in [-0.2, -0.15) is 0 Å². The average Bonchev–Trinajstić information content (AvgIpc) is 3.03. The molecule has 0 atom stereocenters. The van der Waals surface area contributed by atoms with E-state index in [9.17, 15) is 14.7 Å². The maximum Gasteiger partial charge on any atom is 0.336 e.